The number of rotatable bonds is 9. The summed E-state index contributed by atoms with van der Waals surface area (Å²) in [4.78, 5) is 12.4. The average molecular weight is 316 g/mol. The summed E-state index contributed by atoms with van der Waals surface area (Å²) < 4.78 is 6.17. The van der Waals surface area contributed by atoms with Crippen LogP contribution < -0.4 is 0 Å². The van der Waals surface area contributed by atoms with E-state index >= 15 is 0 Å². The molecule has 1 saturated carbocycles. The van der Waals surface area contributed by atoms with E-state index in [4.69, 9.17) is 4.74 Å². The molecule has 1 aliphatic carbocycles. The molecule has 0 saturated heterocycles. The minimum absolute atomic E-state index is 0.0935. The largest absolute Gasteiger partial charge is 0.375 e. The lowest BCUT2D eigenvalue weighted by Gasteiger charge is -2.40. The molecule has 23 heavy (non-hydrogen) atoms. The Morgan fingerprint density at radius 3 is 2.43 bits per heavy atom. The number of hydrogen-bond donors (Lipinski definition) is 0. The number of ketones is 1. The molecule has 2 rings (SSSR count). The second kappa shape index (κ2) is 9.22. The lowest BCUT2D eigenvalue weighted by atomic mass is 9.74. The molecule has 0 atom stereocenters. The first kappa shape index (κ1) is 18.2. The Bertz CT molecular complexity index is 458. The summed E-state index contributed by atoms with van der Waals surface area (Å²) in [5.41, 5.74) is 0.952. The monoisotopic (exact) mass is 316 g/mol. The van der Waals surface area contributed by atoms with Crippen molar-refractivity contribution in [3.63, 3.8) is 0 Å². The van der Waals surface area contributed by atoms with E-state index in [1.54, 1.807) is 0 Å². The minimum Gasteiger partial charge on any atom is -0.375 e. The SMILES string of the molecule is CCCCCC1(OCC)CCC(CC(=O)c2ccccc2)CC1. The molecule has 0 aromatic heterocycles. The molecular formula is C21H32O2. The zero-order chi connectivity index (χ0) is 16.5. The van der Waals surface area contributed by atoms with Crippen LogP contribution in [-0.4, -0.2) is 18.0 Å². The highest BCUT2D eigenvalue weighted by molar-refractivity contribution is 5.96. The van der Waals surface area contributed by atoms with E-state index in [0.29, 0.717) is 18.1 Å². The van der Waals surface area contributed by atoms with Crippen LogP contribution in [0.25, 0.3) is 0 Å². The third kappa shape index (κ3) is 5.46. The maximum Gasteiger partial charge on any atom is 0.163 e. The highest BCUT2D eigenvalue weighted by Gasteiger charge is 2.35. The maximum absolute atomic E-state index is 12.4. The van der Waals surface area contributed by atoms with Crippen molar-refractivity contribution in [2.45, 2.75) is 77.2 Å². The van der Waals surface area contributed by atoms with Crippen LogP contribution in [0.3, 0.4) is 0 Å². The summed E-state index contributed by atoms with van der Waals surface area (Å²) >= 11 is 0. The number of unbranched alkanes of at least 4 members (excludes halogenated alkanes) is 2. The number of Topliss-reactive ketones (excluding diaryl/α,β-unsaturated/α-hetero) is 1. The standard InChI is InChI=1S/C21H32O2/c1-3-5-9-14-21(23-4-2)15-12-18(13-16-21)17-20(22)19-10-7-6-8-11-19/h6-8,10-11,18H,3-5,9,12-17H2,1-2H3. The van der Waals surface area contributed by atoms with E-state index < -0.39 is 0 Å². The van der Waals surface area contributed by atoms with E-state index in [9.17, 15) is 4.79 Å². The van der Waals surface area contributed by atoms with Crippen molar-refractivity contribution in [3.05, 3.63) is 35.9 Å². The molecule has 0 spiro atoms. The quantitative estimate of drug-likeness (QED) is 0.425. The highest BCUT2D eigenvalue weighted by atomic mass is 16.5. The zero-order valence-electron chi connectivity index (χ0n) is 14.9. The summed E-state index contributed by atoms with van der Waals surface area (Å²) in [6.07, 6.45) is 10.2. The fourth-order valence-electron chi connectivity index (χ4n) is 3.88. The molecule has 2 nitrogen and oxygen atoms in total. The van der Waals surface area contributed by atoms with Gasteiger partial charge in [-0.15, -0.1) is 0 Å². The van der Waals surface area contributed by atoms with Gasteiger partial charge in [0, 0.05) is 18.6 Å². The summed E-state index contributed by atoms with van der Waals surface area (Å²) in [6.45, 7) is 5.16. The molecule has 0 unspecified atom stereocenters. The van der Waals surface area contributed by atoms with E-state index in [0.717, 1.165) is 37.9 Å². The van der Waals surface area contributed by atoms with Crippen molar-refractivity contribution in [2.75, 3.05) is 6.61 Å². The van der Waals surface area contributed by atoms with Gasteiger partial charge in [-0.05, 0) is 44.9 Å². The van der Waals surface area contributed by atoms with Gasteiger partial charge in [0.25, 0.3) is 0 Å². The third-order valence-electron chi connectivity index (χ3n) is 5.27. The number of ether oxygens (including phenoxy) is 1. The van der Waals surface area contributed by atoms with Gasteiger partial charge in [0.05, 0.1) is 5.60 Å². The van der Waals surface area contributed by atoms with Gasteiger partial charge < -0.3 is 4.74 Å². The van der Waals surface area contributed by atoms with Gasteiger partial charge in [0.2, 0.25) is 0 Å². The highest BCUT2D eigenvalue weighted by Crippen LogP contribution is 2.40. The van der Waals surface area contributed by atoms with Gasteiger partial charge >= 0.3 is 0 Å². The van der Waals surface area contributed by atoms with Gasteiger partial charge in [0.15, 0.2) is 5.78 Å². The predicted molar refractivity (Wildman–Crippen MR) is 95.8 cm³/mol. The first-order valence-electron chi connectivity index (χ1n) is 9.41. The van der Waals surface area contributed by atoms with E-state index in [1.165, 1.54) is 25.7 Å². The van der Waals surface area contributed by atoms with E-state index in [-0.39, 0.29) is 5.60 Å². The Kier molecular flexibility index (Phi) is 7.29. The first-order valence-corrected chi connectivity index (χ1v) is 9.41. The van der Waals surface area contributed by atoms with Crippen LogP contribution in [-0.2, 0) is 4.74 Å². The first-order chi connectivity index (χ1) is 11.2. The van der Waals surface area contributed by atoms with Crippen LogP contribution in [0, 0.1) is 5.92 Å². The van der Waals surface area contributed by atoms with Gasteiger partial charge in [-0.3, -0.25) is 4.79 Å². The molecule has 128 valence electrons. The molecule has 0 bridgehead atoms. The Morgan fingerprint density at radius 2 is 1.83 bits per heavy atom. The third-order valence-corrected chi connectivity index (χ3v) is 5.27. The van der Waals surface area contributed by atoms with Crippen molar-refractivity contribution in [2.24, 2.45) is 5.92 Å². The molecule has 2 heteroatoms. The number of hydrogen-bond acceptors (Lipinski definition) is 2. The Labute approximate surface area is 141 Å². The maximum atomic E-state index is 12.4. The Hall–Kier alpha value is -1.15. The van der Waals surface area contributed by atoms with Gasteiger partial charge in [-0.25, -0.2) is 0 Å². The van der Waals surface area contributed by atoms with Crippen LogP contribution in [0.15, 0.2) is 30.3 Å². The van der Waals surface area contributed by atoms with Gasteiger partial charge in [-0.2, -0.15) is 0 Å². The molecule has 0 radical (unpaired) electrons. The van der Waals surface area contributed by atoms with Crippen LogP contribution >= 0.6 is 0 Å². The minimum atomic E-state index is 0.0935. The summed E-state index contributed by atoms with van der Waals surface area (Å²) in [5.74, 6) is 0.827. The fourth-order valence-corrected chi connectivity index (χ4v) is 3.88. The van der Waals surface area contributed by atoms with E-state index in [1.807, 2.05) is 30.3 Å². The van der Waals surface area contributed by atoms with Crippen molar-refractivity contribution < 1.29 is 9.53 Å². The topological polar surface area (TPSA) is 26.3 Å². The summed E-state index contributed by atoms with van der Waals surface area (Å²) in [5, 5.41) is 0. The van der Waals surface area contributed by atoms with Crippen molar-refractivity contribution in [1.82, 2.24) is 0 Å². The van der Waals surface area contributed by atoms with Crippen molar-refractivity contribution >= 4 is 5.78 Å². The van der Waals surface area contributed by atoms with Crippen LogP contribution in [0.1, 0.15) is 82.0 Å². The van der Waals surface area contributed by atoms with E-state index in [2.05, 4.69) is 13.8 Å². The van der Waals surface area contributed by atoms with Crippen molar-refractivity contribution in [1.29, 1.82) is 0 Å². The Morgan fingerprint density at radius 1 is 1.13 bits per heavy atom. The number of carbonyl (C=O) groups is 1. The van der Waals surface area contributed by atoms with Gasteiger partial charge in [-0.1, -0.05) is 56.5 Å². The van der Waals surface area contributed by atoms with Crippen LogP contribution in [0.5, 0.6) is 0 Å². The molecule has 1 aliphatic rings. The molecule has 1 aromatic rings. The molecule has 1 aromatic carbocycles. The van der Waals surface area contributed by atoms with Crippen LogP contribution in [0.2, 0.25) is 0 Å². The average Bonchev–Trinajstić information content (AvgIpc) is 2.58. The summed E-state index contributed by atoms with van der Waals surface area (Å²) in [6, 6.07) is 9.72. The number of benzene rings is 1. The second-order valence-corrected chi connectivity index (χ2v) is 7.01. The Balaban J connectivity index is 1.84. The predicted octanol–water partition coefficient (Wildman–Crippen LogP) is 5.81. The second-order valence-electron chi connectivity index (χ2n) is 7.01. The van der Waals surface area contributed by atoms with Gasteiger partial charge in [0.1, 0.15) is 0 Å². The van der Waals surface area contributed by atoms with Crippen molar-refractivity contribution in [3.8, 4) is 0 Å². The lowest BCUT2D eigenvalue weighted by molar-refractivity contribution is -0.0796. The zero-order valence-corrected chi connectivity index (χ0v) is 14.9. The fraction of sp³-hybridized carbons (Fsp3) is 0.667. The number of carbonyl (C=O) groups excluding carboxylic acids is 1. The molecule has 1 fully saturated rings. The molecule has 0 N–H and O–H groups in total. The normalized spacial score (nSPS) is 24.5. The molecular weight excluding hydrogens is 284 g/mol. The van der Waals surface area contributed by atoms with Crippen LogP contribution in [0.4, 0.5) is 0 Å². The molecule has 0 amide bonds. The lowest BCUT2D eigenvalue weighted by Crippen LogP contribution is -2.37. The summed E-state index contributed by atoms with van der Waals surface area (Å²) in [7, 11) is 0. The molecule has 0 aliphatic heterocycles. The molecule has 0 heterocycles. The smallest absolute Gasteiger partial charge is 0.163 e.